The molecule has 0 saturated heterocycles. The molecular weight excluding hydrogens is 331 g/mol. The minimum atomic E-state index is -4.72. The van der Waals surface area contributed by atoms with Crippen molar-refractivity contribution in [3.05, 3.63) is 24.3 Å². The molecule has 0 amide bonds. The van der Waals surface area contributed by atoms with Crippen LogP contribution in [0.15, 0.2) is 29.4 Å². The van der Waals surface area contributed by atoms with Gasteiger partial charge in [-0.05, 0) is 47.5 Å². The zero-order chi connectivity index (χ0) is 16.7. The molecular formula is C13H12F3N5OS. The average Bonchev–Trinajstić information content (AvgIpc) is 2.95. The largest absolute Gasteiger partial charge is 0.573 e. The number of benzene rings is 1. The summed E-state index contributed by atoms with van der Waals surface area (Å²) in [6, 6.07) is 7.36. The quantitative estimate of drug-likeness (QED) is 0.567. The molecule has 122 valence electrons. The third-order valence-electron chi connectivity index (χ3n) is 2.67. The van der Waals surface area contributed by atoms with Crippen LogP contribution in [0, 0.1) is 11.3 Å². The van der Waals surface area contributed by atoms with Gasteiger partial charge in [0.15, 0.2) is 0 Å². The summed E-state index contributed by atoms with van der Waals surface area (Å²) in [6.45, 7) is 0. The lowest BCUT2D eigenvalue weighted by Crippen LogP contribution is -2.17. The highest BCUT2D eigenvalue weighted by atomic mass is 32.2. The molecule has 0 bridgehead atoms. The maximum atomic E-state index is 12.1. The number of rotatable bonds is 7. The molecule has 0 atom stereocenters. The molecule has 0 aliphatic heterocycles. The summed E-state index contributed by atoms with van der Waals surface area (Å²) in [5.41, 5.74) is 0.532. The zero-order valence-electron chi connectivity index (χ0n) is 11.8. The van der Waals surface area contributed by atoms with Crippen molar-refractivity contribution in [2.75, 3.05) is 5.75 Å². The summed E-state index contributed by atoms with van der Waals surface area (Å²) in [4.78, 5) is 0. The standard InChI is InChI=1S/C13H12F3N5OS/c14-13(15,16)22-11-6-4-10(5-7-11)21-12(18-19-20-21)23-9-3-1-2-8-17/h4-7H,1-3,9H2. The number of aromatic nitrogens is 4. The topological polar surface area (TPSA) is 76.6 Å². The highest BCUT2D eigenvalue weighted by Crippen LogP contribution is 2.25. The smallest absolute Gasteiger partial charge is 0.406 e. The van der Waals surface area contributed by atoms with Crippen LogP contribution in [0.4, 0.5) is 13.2 Å². The highest BCUT2D eigenvalue weighted by Gasteiger charge is 2.31. The molecule has 0 unspecified atom stereocenters. The van der Waals surface area contributed by atoms with Crippen molar-refractivity contribution in [1.82, 2.24) is 20.2 Å². The molecule has 0 fully saturated rings. The van der Waals surface area contributed by atoms with Crippen LogP contribution in [0.3, 0.4) is 0 Å². The lowest BCUT2D eigenvalue weighted by molar-refractivity contribution is -0.274. The Kier molecular flexibility index (Phi) is 5.81. The third kappa shape index (κ3) is 5.45. The van der Waals surface area contributed by atoms with Gasteiger partial charge in [0.1, 0.15) is 5.75 Å². The lowest BCUT2D eigenvalue weighted by Gasteiger charge is -2.09. The fourth-order valence-electron chi connectivity index (χ4n) is 1.69. The van der Waals surface area contributed by atoms with Gasteiger partial charge >= 0.3 is 6.36 Å². The fraction of sp³-hybridized carbons (Fsp3) is 0.385. The van der Waals surface area contributed by atoms with Gasteiger partial charge in [-0.1, -0.05) is 11.8 Å². The highest BCUT2D eigenvalue weighted by molar-refractivity contribution is 7.99. The Morgan fingerprint density at radius 2 is 1.96 bits per heavy atom. The van der Waals surface area contributed by atoms with Crippen molar-refractivity contribution in [2.24, 2.45) is 0 Å². The van der Waals surface area contributed by atoms with Gasteiger partial charge in [-0.25, -0.2) is 0 Å². The van der Waals surface area contributed by atoms with E-state index < -0.39 is 6.36 Å². The summed E-state index contributed by atoms with van der Waals surface area (Å²) in [5.74, 6) is 0.442. The second-order valence-electron chi connectivity index (χ2n) is 4.38. The van der Waals surface area contributed by atoms with Crippen LogP contribution in [0.25, 0.3) is 5.69 Å². The van der Waals surface area contributed by atoms with Gasteiger partial charge in [-0.2, -0.15) is 9.94 Å². The molecule has 2 rings (SSSR count). The van der Waals surface area contributed by atoms with E-state index in [0.717, 1.165) is 18.6 Å². The van der Waals surface area contributed by atoms with Crippen LogP contribution in [0.1, 0.15) is 19.3 Å². The van der Waals surface area contributed by atoms with Gasteiger partial charge in [0.05, 0.1) is 11.8 Å². The fourth-order valence-corrected chi connectivity index (χ4v) is 2.58. The Morgan fingerprint density at radius 1 is 1.22 bits per heavy atom. The number of thioether (sulfide) groups is 1. The van der Waals surface area contributed by atoms with E-state index in [1.54, 1.807) is 0 Å². The molecule has 6 nitrogen and oxygen atoms in total. The van der Waals surface area contributed by atoms with Gasteiger partial charge in [-0.15, -0.1) is 18.3 Å². The number of nitriles is 1. The van der Waals surface area contributed by atoms with Gasteiger partial charge < -0.3 is 4.74 Å². The van der Waals surface area contributed by atoms with Gasteiger partial charge in [-0.3, -0.25) is 0 Å². The van der Waals surface area contributed by atoms with E-state index in [0.29, 0.717) is 17.3 Å². The van der Waals surface area contributed by atoms with Crippen molar-refractivity contribution in [3.63, 3.8) is 0 Å². The number of nitrogens with zero attached hydrogens (tertiary/aromatic N) is 5. The zero-order valence-corrected chi connectivity index (χ0v) is 12.6. The Labute approximate surface area is 134 Å². The minimum absolute atomic E-state index is 0.306. The number of halogens is 3. The molecule has 0 N–H and O–H groups in total. The van der Waals surface area contributed by atoms with Crippen LogP contribution in [-0.4, -0.2) is 32.3 Å². The number of ether oxygens (including phenoxy) is 1. The third-order valence-corrected chi connectivity index (χ3v) is 3.68. The maximum Gasteiger partial charge on any atom is 0.573 e. The van der Waals surface area contributed by atoms with Gasteiger partial charge in [0.25, 0.3) is 0 Å². The summed E-state index contributed by atoms with van der Waals surface area (Å²) in [6.07, 6.45) is -2.56. The molecule has 0 aliphatic carbocycles. The summed E-state index contributed by atoms with van der Waals surface area (Å²) in [7, 11) is 0. The number of unbranched alkanes of at least 4 members (excludes halogenated alkanes) is 2. The number of hydrogen-bond donors (Lipinski definition) is 0. The first-order valence-corrected chi connectivity index (χ1v) is 7.62. The van der Waals surface area contributed by atoms with Crippen LogP contribution in [0.5, 0.6) is 5.75 Å². The molecule has 10 heteroatoms. The summed E-state index contributed by atoms with van der Waals surface area (Å²) in [5, 5.41) is 20.3. The summed E-state index contributed by atoms with van der Waals surface area (Å²) >= 11 is 1.42. The van der Waals surface area contributed by atoms with Crippen molar-refractivity contribution in [1.29, 1.82) is 5.26 Å². The molecule has 1 aromatic carbocycles. The van der Waals surface area contributed by atoms with E-state index >= 15 is 0 Å². The molecule has 0 radical (unpaired) electrons. The van der Waals surface area contributed by atoms with E-state index in [1.165, 1.54) is 40.7 Å². The molecule has 0 aliphatic rings. The van der Waals surface area contributed by atoms with Crippen molar-refractivity contribution in [2.45, 2.75) is 30.8 Å². The van der Waals surface area contributed by atoms with Crippen LogP contribution < -0.4 is 4.74 Å². The van der Waals surface area contributed by atoms with E-state index in [4.69, 9.17) is 5.26 Å². The van der Waals surface area contributed by atoms with E-state index in [9.17, 15) is 13.2 Å². The van der Waals surface area contributed by atoms with Crippen LogP contribution >= 0.6 is 11.8 Å². The molecule has 1 heterocycles. The Balaban J connectivity index is 1.99. The number of alkyl halides is 3. The van der Waals surface area contributed by atoms with Crippen molar-refractivity contribution in [3.8, 4) is 17.5 Å². The van der Waals surface area contributed by atoms with E-state index in [-0.39, 0.29) is 5.75 Å². The molecule has 2 aromatic rings. The van der Waals surface area contributed by atoms with E-state index in [1.807, 2.05) is 0 Å². The molecule has 1 aromatic heterocycles. The van der Waals surface area contributed by atoms with Crippen molar-refractivity contribution < 1.29 is 17.9 Å². The number of hydrogen-bond acceptors (Lipinski definition) is 6. The van der Waals surface area contributed by atoms with Crippen molar-refractivity contribution >= 4 is 11.8 Å². The van der Waals surface area contributed by atoms with E-state index in [2.05, 4.69) is 26.3 Å². The maximum absolute atomic E-state index is 12.1. The normalized spacial score (nSPS) is 11.2. The second kappa shape index (κ2) is 7.82. The molecule has 0 spiro atoms. The predicted molar refractivity (Wildman–Crippen MR) is 76.0 cm³/mol. The monoisotopic (exact) mass is 343 g/mol. The lowest BCUT2D eigenvalue weighted by atomic mass is 10.3. The van der Waals surface area contributed by atoms with Crippen LogP contribution in [0.2, 0.25) is 0 Å². The first-order valence-electron chi connectivity index (χ1n) is 6.64. The SMILES string of the molecule is N#CCCCCSc1nnnn1-c1ccc(OC(F)(F)F)cc1. The first-order chi connectivity index (χ1) is 11.0. The Bertz CT molecular complexity index is 665. The summed E-state index contributed by atoms with van der Waals surface area (Å²) < 4.78 is 41.6. The molecule has 23 heavy (non-hydrogen) atoms. The average molecular weight is 343 g/mol. The first kappa shape index (κ1) is 17.1. The van der Waals surface area contributed by atoms with Gasteiger partial charge in [0.2, 0.25) is 5.16 Å². The minimum Gasteiger partial charge on any atom is -0.406 e. The Hall–Kier alpha value is -2.28. The Morgan fingerprint density at radius 3 is 2.61 bits per heavy atom. The van der Waals surface area contributed by atoms with Gasteiger partial charge in [0, 0.05) is 12.2 Å². The second-order valence-corrected chi connectivity index (χ2v) is 5.44. The van der Waals surface area contributed by atoms with Crippen LogP contribution in [-0.2, 0) is 0 Å². The number of tetrazole rings is 1. The predicted octanol–water partition coefficient (Wildman–Crippen LogP) is 3.35. The molecule has 0 saturated carbocycles.